The molecule has 0 bridgehead atoms. The Morgan fingerprint density at radius 1 is 1.57 bits per heavy atom. The minimum atomic E-state index is 0.0106. The van der Waals surface area contributed by atoms with E-state index < -0.39 is 0 Å². The standard InChI is InChI=1S/C11H13N3/c1-7(12)9-6-8-4-2-3-5-10(8)14-11(9)13/h2-4,9,13H,1,5-6,12H2/p+1. The molecule has 3 heteroatoms. The Morgan fingerprint density at radius 3 is 3.07 bits per heavy atom. The maximum atomic E-state index is 5.82. The van der Waals surface area contributed by atoms with E-state index in [2.05, 4.69) is 23.4 Å². The van der Waals surface area contributed by atoms with Gasteiger partial charge in [-0.2, -0.15) is 0 Å². The second-order valence-corrected chi connectivity index (χ2v) is 3.64. The zero-order valence-corrected chi connectivity index (χ0v) is 8.03. The van der Waals surface area contributed by atoms with Crippen LogP contribution in [0, 0.1) is 5.92 Å². The van der Waals surface area contributed by atoms with Gasteiger partial charge in [0.25, 0.3) is 0 Å². The van der Waals surface area contributed by atoms with Crippen LogP contribution in [0.3, 0.4) is 0 Å². The average Bonchev–Trinajstić information content (AvgIpc) is 2.16. The van der Waals surface area contributed by atoms with Crippen LogP contribution in [-0.2, 0) is 0 Å². The molecule has 0 amide bonds. The highest BCUT2D eigenvalue weighted by Crippen LogP contribution is 2.22. The third-order valence-corrected chi connectivity index (χ3v) is 2.61. The molecular weight excluding hydrogens is 174 g/mol. The van der Waals surface area contributed by atoms with E-state index in [0.29, 0.717) is 11.5 Å². The van der Waals surface area contributed by atoms with Crippen molar-refractivity contribution in [3.8, 4) is 0 Å². The van der Waals surface area contributed by atoms with E-state index in [-0.39, 0.29) is 5.92 Å². The molecule has 14 heavy (non-hydrogen) atoms. The lowest BCUT2D eigenvalue weighted by molar-refractivity contribution is 0.773. The van der Waals surface area contributed by atoms with Crippen molar-refractivity contribution >= 4 is 11.5 Å². The summed E-state index contributed by atoms with van der Waals surface area (Å²) in [6.45, 7) is 3.73. The summed E-state index contributed by atoms with van der Waals surface area (Å²) in [5.74, 6) is 0.608. The summed E-state index contributed by atoms with van der Waals surface area (Å²) in [6.07, 6.45) is 7.91. The molecule has 3 nitrogen and oxygen atoms in total. The van der Waals surface area contributed by atoms with Gasteiger partial charge in [-0.05, 0) is 6.42 Å². The number of amidine groups is 1. The van der Waals surface area contributed by atoms with Gasteiger partial charge in [-0.1, -0.05) is 24.8 Å². The van der Waals surface area contributed by atoms with Crippen LogP contribution in [0.25, 0.3) is 0 Å². The third kappa shape index (κ3) is 1.38. The predicted molar refractivity (Wildman–Crippen MR) is 59.6 cm³/mol. The molecule has 4 N–H and O–H groups in total. The molecular formula is C11H14N3+. The topological polar surface area (TPSA) is 66.1 Å². The summed E-state index contributed by atoms with van der Waals surface area (Å²) in [5, 5.41) is 0. The van der Waals surface area contributed by atoms with E-state index in [1.165, 1.54) is 5.57 Å². The first-order chi connectivity index (χ1) is 6.68. The number of rotatable bonds is 1. The van der Waals surface area contributed by atoms with Gasteiger partial charge in [0, 0.05) is 17.7 Å². The number of nitrogens with zero attached hydrogens (tertiary/aromatic N) is 1. The summed E-state index contributed by atoms with van der Waals surface area (Å²) >= 11 is 0. The van der Waals surface area contributed by atoms with Crippen molar-refractivity contribution in [3.63, 3.8) is 0 Å². The van der Waals surface area contributed by atoms with Gasteiger partial charge in [-0.3, -0.25) is 5.73 Å². The van der Waals surface area contributed by atoms with Crippen molar-refractivity contribution in [1.29, 1.82) is 0 Å². The van der Waals surface area contributed by atoms with E-state index in [9.17, 15) is 0 Å². The number of fused-ring (bicyclic) bond motifs is 1. The summed E-state index contributed by atoms with van der Waals surface area (Å²) < 4.78 is 4.36. The number of allylic oxidation sites excluding steroid dienone is 4. The van der Waals surface area contributed by atoms with Crippen molar-refractivity contribution in [1.82, 2.24) is 4.67 Å². The lowest BCUT2D eigenvalue weighted by Gasteiger charge is -2.16. The van der Waals surface area contributed by atoms with E-state index in [1.54, 1.807) is 0 Å². The highest BCUT2D eigenvalue weighted by atomic mass is 14.8. The third-order valence-electron chi connectivity index (χ3n) is 2.61. The molecule has 2 rings (SSSR count). The number of hydrogen-bond donors (Lipinski definition) is 2. The minimum Gasteiger partial charge on any atom is -0.402 e. The minimum absolute atomic E-state index is 0.0106. The molecule has 1 aliphatic carbocycles. The van der Waals surface area contributed by atoms with Gasteiger partial charge in [0.2, 0.25) is 5.71 Å². The largest absolute Gasteiger partial charge is 0.402 e. The summed E-state index contributed by atoms with van der Waals surface area (Å²) in [6, 6.07) is 0. The Hall–Kier alpha value is -1.73. The van der Waals surface area contributed by atoms with Gasteiger partial charge in [0.05, 0.1) is 0 Å². The summed E-state index contributed by atoms with van der Waals surface area (Å²) in [5.41, 5.74) is 14.4. The Labute approximate surface area is 83.2 Å². The molecule has 0 saturated carbocycles. The molecule has 1 atom stereocenters. The zero-order chi connectivity index (χ0) is 10.1. The van der Waals surface area contributed by atoms with Crippen LogP contribution in [0.15, 0.2) is 36.1 Å². The van der Waals surface area contributed by atoms with Crippen molar-refractivity contribution < 1.29 is 0 Å². The van der Waals surface area contributed by atoms with Gasteiger partial charge in [0.1, 0.15) is 5.92 Å². The first-order valence-corrected chi connectivity index (χ1v) is 4.68. The summed E-state index contributed by atoms with van der Waals surface area (Å²) in [7, 11) is 0. The maximum Gasteiger partial charge on any atom is 0.350 e. The highest BCUT2D eigenvalue weighted by molar-refractivity contribution is 6.07. The number of hydrogen-bond acceptors (Lipinski definition) is 2. The molecule has 0 spiro atoms. The van der Waals surface area contributed by atoms with Gasteiger partial charge < -0.3 is 5.73 Å². The fourth-order valence-corrected chi connectivity index (χ4v) is 1.77. The molecule has 1 heterocycles. The predicted octanol–water partition coefficient (Wildman–Crippen LogP) is 0.230. The van der Waals surface area contributed by atoms with Crippen LogP contribution >= 0.6 is 0 Å². The van der Waals surface area contributed by atoms with Crippen molar-refractivity contribution in [2.45, 2.75) is 12.8 Å². The Kier molecular flexibility index (Phi) is 2.02. The molecule has 0 saturated heterocycles. The van der Waals surface area contributed by atoms with E-state index >= 15 is 0 Å². The fourth-order valence-electron chi connectivity index (χ4n) is 1.77. The number of nitrogens with two attached hydrogens (primary N) is 2. The molecule has 0 radical (unpaired) electrons. The van der Waals surface area contributed by atoms with Gasteiger partial charge in [0.15, 0.2) is 0 Å². The second-order valence-electron chi connectivity index (χ2n) is 3.64. The Morgan fingerprint density at radius 2 is 2.36 bits per heavy atom. The van der Waals surface area contributed by atoms with Crippen molar-refractivity contribution in [3.05, 3.63) is 36.1 Å². The van der Waals surface area contributed by atoms with Gasteiger partial charge in [-0.25, -0.2) is 4.67 Å². The first-order valence-electron chi connectivity index (χ1n) is 4.68. The molecule has 1 aliphatic heterocycles. The van der Waals surface area contributed by atoms with Gasteiger partial charge in [-0.15, -0.1) is 0 Å². The molecule has 72 valence electrons. The highest BCUT2D eigenvalue weighted by Gasteiger charge is 2.30. The van der Waals surface area contributed by atoms with Crippen molar-refractivity contribution in [2.75, 3.05) is 0 Å². The molecule has 0 aromatic carbocycles. The zero-order valence-electron chi connectivity index (χ0n) is 8.03. The summed E-state index contributed by atoms with van der Waals surface area (Å²) in [4.78, 5) is 0. The van der Waals surface area contributed by atoms with Gasteiger partial charge >= 0.3 is 5.84 Å². The van der Waals surface area contributed by atoms with Crippen LogP contribution in [0.4, 0.5) is 0 Å². The van der Waals surface area contributed by atoms with Crippen LogP contribution < -0.4 is 16.1 Å². The molecule has 0 fully saturated rings. The van der Waals surface area contributed by atoms with Crippen LogP contribution in [-0.4, -0.2) is 11.5 Å². The van der Waals surface area contributed by atoms with Crippen molar-refractivity contribution in [2.24, 2.45) is 17.4 Å². The smallest absolute Gasteiger partial charge is 0.350 e. The average molecular weight is 188 g/mol. The van der Waals surface area contributed by atoms with Crippen LogP contribution in [0.1, 0.15) is 12.8 Å². The first kappa shape index (κ1) is 8.85. The second kappa shape index (κ2) is 3.20. The SMILES string of the molecule is C=C(N)C1CC2=CC=CCC2=[N+]=C1N. The maximum absolute atomic E-state index is 5.82. The quantitative estimate of drug-likeness (QED) is 0.578. The molecule has 0 aromatic rings. The molecule has 2 aliphatic rings. The van der Waals surface area contributed by atoms with E-state index in [0.717, 1.165) is 18.6 Å². The monoisotopic (exact) mass is 188 g/mol. The van der Waals surface area contributed by atoms with Crippen LogP contribution in [0.2, 0.25) is 0 Å². The normalized spacial score (nSPS) is 24.6. The molecule has 1 unspecified atom stereocenters. The van der Waals surface area contributed by atoms with E-state index in [4.69, 9.17) is 11.5 Å². The molecule has 0 aromatic heterocycles. The lowest BCUT2D eigenvalue weighted by atomic mass is 9.88. The van der Waals surface area contributed by atoms with Crippen LogP contribution in [0.5, 0.6) is 0 Å². The Bertz CT molecular complexity index is 406. The Balaban J connectivity index is 2.44. The van der Waals surface area contributed by atoms with E-state index in [1.807, 2.05) is 6.08 Å². The lowest BCUT2D eigenvalue weighted by Crippen LogP contribution is -2.36. The fraction of sp³-hybridized carbons (Fsp3) is 0.273.